The van der Waals surface area contributed by atoms with Gasteiger partial charge in [-0.25, -0.2) is 0 Å². The van der Waals surface area contributed by atoms with E-state index >= 15 is 0 Å². The number of aryl methyl sites for hydroxylation is 1. The molecule has 0 atom stereocenters. The highest BCUT2D eigenvalue weighted by Gasteiger charge is 2.18. The maximum Gasteiger partial charge on any atom is 0.0998 e. The smallest absolute Gasteiger partial charge is 0.0998 e. The van der Waals surface area contributed by atoms with Crippen molar-refractivity contribution >= 4 is 86.2 Å². The molecule has 0 unspecified atom stereocenters. The van der Waals surface area contributed by atoms with E-state index in [1.54, 1.807) is 0 Å². The van der Waals surface area contributed by atoms with Gasteiger partial charge in [0.15, 0.2) is 0 Å². The van der Waals surface area contributed by atoms with Crippen molar-refractivity contribution in [3.63, 3.8) is 0 Å². The highest BCUT2D eigenvalue weighted by molar-refractivity contribution is 6.37. The zero-order chi connectivity index (χ0) is 24.4. The summed E-state index contributed by atoms with van der Waals surface area (Å²) in [7, 11) is 0. The van der Waals surface area contributed by atoms with Crippen molar-refractivity contribution in [1.29, 1.82) is 5.26 Å². The van der Waals surface area contributed by atoms with Gasteiger partial charge in [0.05, 0.1) is 11.6 Å². The summed E-state index contributed by atoms with van der Waals surface area (Å²) in [6.07, 6.45) is 0. The SMILES string of the molecule is Cc1ccc2c3cc4cc5c(cc4cc3c3ccc(C#N)c1c23)c1cc2ccccc2c2cccc5c21. The second-order valence-electron chi connectivity index (χ2n) is 10.5. The number of rotatable bonds is 0. The molecule has 0 N–H and O–H groups in total. The standard InChI is InChI=1S/C36H19N/c1-19-9-11-27-30-15-22-14-29-26-8-4-7-25-24-6-3-2-5-20(24)13-33(35(25)26)32(29)17-23(22)16-31(30)28-12-10-21(18-37)34(19)36(27)28/h2-17H,1H3. The molecule has 9 aromatic carbocycles. The van der Waals surface area contributed by atoms with Gasteiger partial charge in [-0.2, -0.15) is 5.26 Å². The zero-order valence-electron chi connectivity index (χ0n) is 20.2. The van der Waals surface area contributed by atoms with Gasteiger partial charge in [0.25, 0.3) is 0 Å². The molecule has 168 valence electrons. The van der Waals surface area contributed by atoms with Crippen molar-refractivity contribution in [1.82, 2.24) is 0 Å². The first-order valence-electron chi connectivity index (χ1n) is 12.8. The van der Waals surface area contributed by atoms with Gasteiger partial charge in [-0.05, 0) is 130 Å². The summed E-state index contributed by atoms with van der Waals surface area (Å²) in [5.41, 5.74) is 1.91. The number of hydrogen-bond acceptors (Lipinski definition) is 1. The molecular weight excluding hydrogens is 446 g/mol. The van der Waals surface area contributed by atoms with Crippen LogP contribution < -0.4 is 0 Å². The molecule has 1 nitrogen and oxygen atoms in total. The average Bonchev–Trinajstić information content (AvgIpc) is 3.41. The Bertz CT molecular complexity index is 2470. The van der Waals surface area contributed by atoms with E-state index in [0.29, 0.717) is 0 Å². The zero-order valence-corrected chi connectivity index (χ0v) is 20.2. The second kappa shape index (κ2) is 6.44. The van der Waals surface area contributed by atoms with Gasteiger partial charge in [-0.3, -0.25) is 0 Å². The lowest BCUT2D eigenvalue weighted by Crippen LogP contribution is -1.83. The van der Waals surface area contributed by atoms with Gasteiger partial charge in [0.2, 0.25) is 0 Å². The van der Waals surface area contributed by atoms with Crippen LogP contribution in [0, 0.1) is 18.3 Å². The van der Waals surface area contributed by atoms with Crippen LogP contribution in [0.3, 0.4) is 0 Å². The fraction of sp³-hybridized carbons (Fsp3) is 0.0278. The van der Waals surface area contributed by atoms with Crippen LogP contribution in [-0.2, 0) is 0 Å². The molecule has 0 saturated carbocycles. The molecule has 0 aliphatic rings. The first kappa shape index (κ1) is 19.3. The highest BCUT2D eigenvalue weighted by Crippen LogP contribution is 2.45. The normalized spacial score (nSPS) is 12.4. The topological polar surface area (TPSA) is 23.8 Å². The Kier molecular flexibility index (Phi) is 3.35. The third-order valence-electron chi connectivity index (χ3n) is 8.65. The minimum Gasteiger partial charge on any atom is -0.192 e. The summed E-state index contributed by atoms with van der Waals surface area (Å²) in [5, 5.41) is 30.2. The van der Waals surface area contributed by atoms with Crippen LogP contribution in [0.1, 0.15) is 11.1 Å². The minimum absolute atomic E-state index is 0.756. The van der Waals surface area contributed by atoms with Crippen molar-refractivity contribution in [2.45, 2.75) is 6.92 Å². The molecule has 0 aromatic heterocycles. The Morgan fingerprint density at radius 1 is 0.432 bits per heavy atom. The van der Waals surface area contributed by atoms with E-state index in [-0.39, 0.29) is 0 Å². The van der Waals surface area contributed by atoms with Gasteiger partial charge in [-0.15, -0.1) is 0 Å². The highest BCUT2D eigenvalue weighted by atomic mass is 14.3. The Labute approximate surface area is 212 Å². The number of hydrogen-bond donors (Lipinski definition) is 0. The maximum atomic E-state index is 9.79. The van der Waals surface area contributed by atoms with Crippen LogP contribution in [0.5, 0.6) is 0 Å². The quantitative estimate of drug-likeness (QED) is 0.204. The largest absolute Gasteiger partial charge is 0.192 e. The molecule has 37 heavy (non-hydrogen) atoms. The monoisotopic (exact) mass is 465 g/mol. The molecule has 1 heteroatoms. The fourth-order valence-electron chi connectivity index (χ4n) is 7.05. The predicted octanol–water partition coefficient (Wildman–Crippen LogP) is 9.97. The van der Waals surface area contributed by atoms with Crippen LogP contribution in [0.15, 0.2) is 97.1 Å². The van der Waals surface area contributed by atoms with Crippen LogP contribution >= 0.6 is 0 Å². The van der Waals surface area contributed by atoms with E-state index in [1.807, 2.05) is 6.07 Å². The molecule has 0 amide bonds. The molecule has 9 rings (SSSR count). The number of nitriles is 1. The van der Waals surface area contributed by atoms with Crippen molar-refractivity contribution in [3.8, 4) is 6.07 Å². The Morgan fingerprint density at radius 2 is 0.973 bits per heavy atom. The van der Waals surface area contributed by atoms with Gasteiger partial charge >= 0.3 is 0 Å². The summed E-state index contributed by atoms with van der Waals surface area (Å²) >= 11 is 0. The molecule has 0 radical (unpaired) electrons. The lowest BCUT2D eigenvalue weighted by atomic mass is 9.97. The molecule has 0 heterocycles. The average molecular weight is 466 g/mol. The summed E-state index contributed by atoms with van der Waals surface area (Å²) in [6.45, 7) is 2.11. The number of nitrogens with zero attached hydrogens (tertiary/aromatic N) is 1. The van der Waals surface area contributed by atoms with E-state index in [1.165, 1.54) is 80.8 Å². The van der Waals surface area contributed by atoms with E-state index in [2.05, 4.69) is 104 Å². The molecular formula is C36H19N. The van der Waals surface area contributed by atoms with Gasteiger partial charge in [0.1, 0.15) is 0 Å². The van der Waals surface area contributed by atoms with E-state index < -0.39 is 0 Å². The minimum atomic E-state index is 0.756. The molecule has 9 aromatic rings. The molecule has 0 spiro atoms. The Balaban J connectivity index is 1.48. The van der Waals surface area contributed by atoms with E-state index in [4.69, 9.17) is 0 Å². The summed E-state index contributed by atoms with van der Waals surface area (Å²) in [5.74, 6) is 0. The summed E-state index contributed by atoms with van der Waals surface area (Å²) in [4.78, 5) is 0. The first-order valence-corrected chi connectivity index (χ1v) is 12.8. The number of benzene rings is 7. The molecule has 0 aliphatic heterocycles. The van der Waals surface area contributed by atoms with Crippen molar-refractivity contribution in [2.24, 2.45) is 0 Å². The van der Waals surface area contributed by atoms with E-state index in [9.17, 15) is 5.26 Å². The van der Waals surface area contributed by atoms with Crippen LogP contribution in [0.2, 0.25) is 0 Å². The lowest BCUT2D eigenvalue weighted by Gasteiger charge is -2.05. The van der Waals surface area contributed by atoms with Crippen LogP contribution in [0.4, 0.5) is 0 Å². The lowest BCUT2D eigenvalue weighted by molar-refractivity contribution is 1.49. The second-order valence-corrected chi connectivity index (χ2v) is 10.5. The molecule has 0 aliphatic carbocycles. The van der Waals surface area contributed by atoms with Crippen LogP contribution in [0.25, 0.3) is 86.2 Å². The van der Waals surface area contributed by atoms with Crippen molar-refractivity contribution in [3.05, 3.63) is 108 Å². The number of fused-ring (bicyclic) bond motifs is 9. The van der Waals surface area contributed by atoms with Crippen molar-refractivity contribution < 1.29 is 0 Å². The molecule has 0 bridgehead atoms. The first-order chi connectivity index (χ1) is 18.2. The third kappa shape index (κ3) is 2.25. The Morgan fingerprint density at radius 3 is 1.68 bits per heavy atom. The summed E-state index contributed by atoms with van der Waals surface area (Å²) < 4.78 is 0. The molecule has 0 fully saturated rings. The van der Waals surface area contributed by atoms with Gasteiger partial charge in [-0.1, -0.05) is 60.7 Å². The predicted molar refractivity (Wildman–Crippen MR) is 158 cm³/mol. The van der Waals surface area contributed by atoms with Gasteiger partial charge in [0, 0.05) is 5.39 Å². The Hall–Kier alpha value is -4.93. The maximum absolute atomic E-state index is 9.79. The van der Waals surface area contributed by atoms with Gasteiger partial charge < -0.3 is 0 Å². The molecule has 0 saturated heterocycles. The van der Waals surface area contributed by atoms with E-state index in [0.717, 1.165) is 16.5 Å². The summed E-state index contributed by atoms with van der Waals surface area (Å²) in [6, 6.07) is 38.3. The third-order valence-corrected chi connectivity index (χ3v) is 8.65. The van der Waals surface area contributed by atoms with Crippen LogP contribution in [-0.4, -0.2) is 0 Å². The fourth-order valence-corrected chi connectivity index (χ4v) is 7.05. The van der Waals surface area contributed by atoms with Crippen molar-refractivity contribution in [2.75, 3.05) is 0 Å².